The van der Waals surface area contributed by atoms with E-state index in [2.05, 4.69) is 20.6 Å². The van der Waals surface area contributed by atoms with Gasteiger partial charge in [0.1, 0.15) is 11.5 Å². The SMILES string of the molecule is O=C(c1ccc(-n2cc(-c3cc4cc(F)ccc4[nH]c3=O)nn2)cc1)C1CCNCC1. The standard InChI is InChI=1S/C23H20FN5O2/c24-17-3-6-20-16(11-17)12-19(23(31)26-20)21-13-29(28-27-21)18-4-1-14(2-5-18)22(30)15-7-9-25-10-8-15/h1-6,11-13,15,25H,7-10H2,(H,26,31). The van der Waals surface area contributed by atoms with Crippen molar-refractivity contribution in [2.75, 3.05) is 13.1 Å². The largest absolute Gasteiger partial charge is 0.321 e. The predicted molar refractivity (Wildman–Crippen MR) is 115 cm³/mol. The van der Waals surface area contributed by atoms with Crippen molar-refractivity contribution in [1.29, 1.82) is 0 Å². The molecule has 3 heterocycles. The first-order valence-electron chi connectivity index (χ1n) is 10.2. The third-order valence-corrected chi connectivity index (χ3v) is 5.70. The molecule has 0 saturated carbocycles. The van der Waals surface area contributed by atoms with Gasteiger partial charge in [-0.3, -0.25) is 9.59 Å². The Labute approximate surface area is 176 Å². The molecule has 31 heavy (non-hydrogen) atoms. The van der Waals surface area contributed by atoms with Crippen LogP contribution in [-0.2, 0) is 0 Å². The molecule has 0 atom stereocenters. The third kappa shape index (κ3) is 3.77. The summed E-state index contributed by atoms with van der Waals surface area (Å²) in [5, 5.41) is 12.1. The molecule has 5 rings (SSSR count). The van der Waals surface area contributed by atoms with Crippen LogP contribution in [0, 0.1) is 11.7 Å². The summed E-state index contributed by atoms with van der Waals surface area (Å²) in [6.07, 6.45) is 3.35. The van der Waals surface area contributed by atoms with Gasteiger partial charge in [-0.25, -0.2) is 9.07 Å². The van der Waals surface area contributed by atoms with Crippen LogP contribution < -0.4 is 10.9 Å². The van der Waals surface area contributed by atoms with Crippen LogP contribution in [-0.4, -0.2) is 38.9 Å². The number of ketones is 1. The number of aromatic amines is 1. The molecule has 1 aliphatic heterocycles. The van der Waals surface area contributed by atoms with Crippen molar-refractivity contribution in [2.24, 2.45) is 5.92 Å². The normalized spacial score (nSPS) is 14.7. The lowest BCUT2D eigenvalue weighted by atomic mass is 9.89. The molecule has 1 fully saturated rings. The number of pyridine rings is 1. The van der Waals surface area contributed by atoms with E-state index >= 15 is 0 Å². The van der Waals surface area contributed by atoms with E-state index < -0.39 is 0 Å². The number of Topliss-reactive ketones (excluding diaryl/α,β-unsaturated/α-hetero) is 1. The fourth-order valence-corrected chi connectivity index (χ4v) is 3.98. The second-order valence-electron chi connectivity index (χ2n) is 7.73. The van der Waals surface area contributed by atoms with Crippen LogP contribution in [0.4, 0.5) is 4.39 Å². The van der Waals surface area contributed by atoms with E-state index in [1.807, 2.05) is 12.1 Å². The minimum absolute atomic E-state index is 0.0644. The zero-order chi connectivity index (χ0) is 21.4. The summed E-state index contributed by atoms with van der Waals surface area (Å²) < 4.78 is 15.1. The molecule has 0 radical (unpaired) electrons. The zero-order valence-electron chi connectivity index (χ0n) is 16.6. The molecule has 0 amide bonds. The van der Waals surface area contributed by atoms with E-state index in [4.69, 9.17) is 0 Å². The number of rotatable bonds is 4. The summed E-state index contributed by atoms with van der Waals surface area (Å²) in [7, 11) is 0. The molecule has 8 heteroatoms. The van der Waals surface area contributed by atoms with Gasteiger partial charge in [0.15, 0.2) is 5.78 Å². The number of piperidine rings is 1. The topological polar surface area (TPSA) is 92.7 Å². The summed E-state index contributed by atoms with van der Waals surface area (Å²) in [6, 6.07) is 13.0. The smallest absolute Gasteiger partial charge is 0.258 e. The highest BCUT2D eigenvalue weighted by molar-refractivity contribution is 5.98. The minimum Gasteiger partial charge on any atom is -0.321 e. The number of fused-ring (bicyclic) bond motifs is 1. The van der Waals surface area contributed by atoms with Gasteiger partial charge in [0, 0.05) is 22.4 Å². The molecule has 2 aromatic heterocycles. The number of nitrogens with zero attached hydrogens (tertiary/aromatic N) is 3. The Kier molecular flexibility index (Phi) is 4.91. The monoisotopic (exact) mass is 417 g/mol. The first kappa shape index (κ1) is 19.3. The van der Waals surface area contributed by atoms with Crippen LogP contribution >= 0.6 is 0 Å². The number of carbonyl (C=O) groups is 1. The van der Waals surface area contributed by atoms with Crippen molar-refractivity contribution in [3.05, 3.63) is 76.5 Å². The second kappa shape index (κ2) is 7.88. The Morgan fingerprint density at radius 2 is 1.84 bits per heavy atom. The number of halogens is 1. The summed E-state index contributed by atoms with van der Waals surface area (Å²) in [5.74, 6) is -0.148. The number of H-pyrrole nitrogens is 1. The number of hydrogen-bond acceptors (Lipinski definition) is 5. The van der Waals surface area contributed by atoms with Crippen molar-refractivity contribution in [3.63, 3.8) is 0 Å². The van der Waals surface area contributed by atoms with Gasteiger partial charge in [0.25, 0.3) is 5.56 Å². The third-order valence-electron chi connectivity index (χ3n) is 5.70. The first-order chi connectivity index (χ1) is 15.1. The van der Waals surface area contributed by atoms with Gasteiger partial charge in [-0.1, -0.05) is 5.21 Å². The van der Waals surface area contributed by atoms with Gasteiger partial charge in [-0.15, -0.1) is 5.10 Å². The predicted octanol–water partition coefficient (Wildman–Crippen LogP) is 3.10. The van der Waals surface area contributed by atoms with E-state index in [0.29, 0.717) is 27.7 Å². The first-order valence-corrected chi connectivity index (χ1v) is 10.2. The molecule has 1 saturated heterocycles. The molecule has 0 bridgehead atoms. The Morgan fingerprint density at radius 3 is 2.61 bits per heavy atom. The number of nitrogens with one attached hydrogen (secondary N) is 2. The van der Waals surface area contributed by atoms with Crippen LogP contribution in [0.3, 0.4) is 0 Å². The van der Waals surface area contributed by atoms with Crippen molar-refractivity contribution < 1.29 is 9.18 Å². The molecule has 2 aromatic carbocycles. The fraction of sp³-hybridized carbons (Fsp3) is 0.217. The van der Waals surface area contributed by atoms with Crippen LogP contribution in [0.2, 0.25) is 0 Å². The molecule has 0 unspecified atom stereocenters. The lowest BCUT2D eigenvalue weighted by Gasteiger charge is -2.21. The Balaban J connectivity index is 1.42. The number of benzene rings is 2. The summed E-state index contributed by atoms with van der Waals surface area (Å²) >= 11 is 0. The summed E-state index contributed by atoms with van der Waals surface area (Å²) in [5.41, 5.74) is 2.32. The van der Waals surface area contributed by atoms with Crippen LogP contribution in [0.25, 0.3) is 27.8 Å². The van der Waals surface area contributed by atoms with Crippen molar-refractivity contribution in [1.82, 2.24) is 25.3 Å². The lowest BCUT2D eigenvalue weighted by molar-refractivity contribution is 0.0895. The number of carbonyl (C=O) groups excluding carboxylic acids is 1. The molecule has 0 aliphatic carbocycles. The van der Waals surface area contributed by atoms with Gasteiger partial charge in [0.05, 0.1) is 17.4 Å². The molecule has 4 aromatic rings. The molecule has 1 aliphatic rings. The second-order valence-corrected chi connectivity index (χ2v) is 7.73. The van der Waals surface area contributed by atoms with Crippen LogP contribution in [0.5, 0.6) is 0 Å². The molecular formula is C23H20FN5O2. The van der Waals surface area contributed by atoms with E-state index in [-0.39, 0.29) is 23.1 Å². The van der Waals surface area contributed by atoms with E-state index in [9.17, 15) is 14.0 Å². The molecular weight excluding hydrogens is 397 g/mol. The highest BCUT2D eigenvalue weighted by atomic mass is 19.1. The van der Waals surface area contributed by atoms with Crippen LogP contribution in [0.15, 0.2) is 59.5 Å². The maximum atomic E-state index is 13.6. The van der Waals surface area contributed by atoms with Crippen molar-refractivity contribution in [2.45, 2.75) is 12.8 Å². The van der Waals surface area contributed by atoms with Crippen LogP contribution in [0.1, 0.15) is 23.2 Å². The average Bonchev–Trinajstić information content (AvgIpc) is 3.29. The van der Waals surface area contributed by atoms with Gasteiger partial charge in [-0.2, -0.15) is 0 Å². The van der Waals surface area contributed by atoms with Gasteiger partial charge in [-0.05, 0) is 74.5 Å². The molecule has 2 N–H and O–H groups in total. The van der Waals surface area contributed by atoms with Gasteiger partial charge >= 0.3 is 0 Å². The quantitative estimate of drug-likeness (QED) is 0.498. The van der Waals surface area contributed by atoms with E-state index in [0.717, 1.165) is 31.6 Å². The number of aromatic nitrogens is 4. The fourth-order valence-electron chi connectivity index (χ4n) is 3.98. The van der Waals surface area contributed by atoms with Gasteiger partial charge in [0.2, 0.25) is 0 Å². The van der Waals surface area contributed by atoms with Crippen molar-refractivity contribution >= 4 is 16.7 Å². The maximum absolute atomic E-state index is 13.6. The zero-order valence-corrected chi connectivity index (χ0v) is 16.6. The molecule has 0 spiro atoms. The Bertz CT molecular complexity index is 1320. The number of hydrogen-bond donors (Lipinski definition) is 2. The Morgan fingerprint density at radius 1 is 1.06 bits per heavy atom. The molecule has 7 nitrogen and oxygen atoms in total. The highest BCUT2D eigenvalue weighted by Gasteiger charge is 2.22. The average molecular weight is 417 g/mol. The molecule has 156 valence electrons. The summed E-state index contributed by atoms with van der Waals surface area (Å²) in [6.45, 7) is 1.74. The maximum Gasteiger partial charge on any atom is 0.258 e. The van der Waals surface area contributed by atoms with E-state index in [1.165, 1.54) is 18.2 Å². The summed E-state index contributed by atoms with van der Waals surface area (Å²) in [4.78, 5) is 27.9. The lowest BCUT2D eigenvalue weighted by Crippen LogP contribution is -2.31. The highest BCUT2D eigenvalue weighted by Crippen LogP contribution is 2.21. The van der Waals surface area contributed by atoms with Gasteiger partial charge < -0.3 is 10.3 Å². The van der Waals surface area contributed by atoms with E-state index in [1.54, 1.807) is 29.1 Å². The Hall–Kier alpha value is -3.65. The minimum atomic E-state index is -0.381. The van der Waals surface area contributed by atoms with Crippen molar-refractivity contribution in [3.8, 4) is 16.9 Å².